The molecule has 0 aliphatic rings. The van der Waals surface area contributed by atoms with E-state index in [1.54, 1.807) is 32.2 Å². The normalized spacial score (nSPS) is 10.5. The van der Waals surface area contributed by atoms with Gasteiger partial charge < -0.3 is 9.47 Å². The van der Waals surface area contributed by atoms with Crippen LogP contribution in [0, 0.1) is 0 Å². The largest absolute Gasteiger partial charge is 0.496 e. The maximum absolute atomic E-state index is 11.7. The number of benzene rings is 1. The zero-order chi connectivity index (χ0) is 17.5. The van der Waals surface area contributed by atoms with Gasteiger partial charge in [-0.15, -0.1) is 5.10 Å². The Labute approximate surface area is 148 Å². The number of thioether (sulfide) groups is 1. The monoisotopic (exact) mass is 369 g/mol. The summed E-state index contributed by atoms with van der Waals surface area (Å²) in [4.78, 5) is 27.2. The minimum Gasteiger partial charge on any atom is -0.496 e. The summed E-state index contributed by atoms with van der Waals surface area (Å²) < 4.78 is 10.0. The lowest BCUT2D eigenvalue weighted by Gasteiger charge is -2.05. The van der Waals surface area contributed by atoms with Crippen LogP contribution in [-0.4, -0.2) is 46.4 Å². The van der Waals surface area contributed by atoms with E-state index in [4.69, 9.17) is 21.1 Å². The molecule has 128 valence electrons. The number of halogens is 1. The van der Waals surface area contributed by atoms with E-state index in [1.807, 2.05) is 0 Å². The van der Waals surface area contributed by atoms with Crippen LogP contribution < -0.4 is 4.74 Å². The third-order valence-electron chi connectivity index (χ3n) is 2.89. The highest BCUT2D eigenvalue weighted by Crippen LogP contribution is 2.31. The summed E-state index contributed by atoms with van der Waals surface area (Å²) in [6.45, 7) is 1.95. The second-order valence-electron chi connectivity index (χ2n) is 4.62. The standard InChI is InChI=1S/C15H16ClN3O4S/c1-3-23-13(21)7-10(20)8-24-15-17-14(18-19-15)11-6-9(16)4-5-12(11)22-2/h4-6H,3,7-8H2,1-2H3,(H,17,18,19). The molecule has 0 saturated carbocycles. The molecule has 0 saturated heterocycles. The van der Waals surface area contributed by atoms with Crippen molar-refractivity contribution in [3.63, 3.8) is 0 Å². The van der Waals surface area contributed by atoms with Crippen LogP contribution >= 0.6 is 23.4 Å². The number of rotatable bonds is 8. The molecule has 0 atom stereocenters. The van der Waals surface area contributed by atoms with Gasteiger partial charge in [0.15, 0.2) is 11.6 Å². The van der Waals surface area contributed by atoms with E-state index in [9.17, 15) is 9.59 Å². The molecule has 1 aromatic heterocycles. The zero-order valence-electron chi connectivity index (χ0n) is 13.2. The topological polar surface area (TPSA) is 94.2 Å². The first-order valence-corrected chi connectivity index (χ1v) is 8.46. The Kier molecular flexibility index (Phi) is 6.62. The molecular formula is C15H16ClN3O4S. The molecule has 0 spiro atoms. The van der Waals surface area contributed by atoms with Gasteiger partial charge in [-0.25, -0.2) is 4.98 Å². The molecule has 0 bridgehead atoms. The lowest BCUT2D eigenvalue weighted by atomic mass is 10.2. The Bertz CT molecular complexity index is 735. The van der Waals surface area contributed by atoms with Crippen LogP contribution in [0.5, 0.6) is 5.75 Å². The summed E-state index contributed by atoms with van der Waals surface area (Å²) in [7, 11) is 1.55. The van der Waals surface area contributed by atoms with Crippen molar-refractivity contribution in [2.75, 3.05) is 19.5 Å². The molecule has 2 rings (SSSR count). The van der Waals surface area contributed by atoms with E-state index in [2.05, 4.69) is 15.2 Å². The van der Waals surface area contributed by atoms with Gasteiger partial charge in [-0.2, -0.15) is 0 Å². The number of H-pyrrole nitrogens is 1. The molecule has 0 radical (unpaired) electrons. The molecule has 0 aliphatic carbocycles. The van der Waals surface area contributed by atoms with Crippen LogP contribution in [0.2, 0.25) is 5.02 Å². The summed E-state index contributed by atoms with van der Waals surface area (Å²) in [5.41, 5.74) is 0.669. The fourth-order valence-corrected chi connectivity index (χ4v) is 2.70. The molecular weight excluding hydrogens is 354 g/mol. The first-order chi connectivity index (χ1) is 11.5. The highest BCUT2D eigenvalue weighted by Gasteiger charge is 2.15. The fraction of sp³-hybridized carbons (Fsp3) is 0.333. The minimum absolute atomic E-state index is 0.0861. The maximum atomic E-state index is 11.7. The lowest BCUT2D eigenvalue weighted by Crippen LogP contribution is -2.12. The summed E-state index contributed by atoms with van der Waals surface area (Å²) in [5.74, 6) is 0.399. The van der Waals surface area contributed by atoms with Crippen molar-refractivity contribution >= 4 is 35.1 Å². The molecule has 9 heteroatoms. The Balaban J connectivity index is 2.00. The van der Waals surface area contributed by atoms with Crippen molar-refractivity contribution in [3.05, 3.63) is 23.2 Å². The van der Waals surface area contributed by atoms with Crippen LogP contribution in [0.4, 0.5) is 0 Å². The van der Waals surface area contributed by atoms with Crippen LogP contribution in [-0.2, 0) is 14.3 Å². The van der Waals surface area contributed by atoms with Gasteiger partial charge in [0.2, 0.25) is 5.16 Å². The molecule has 0 fully saturated rings. The van der Waals surface area contributed by atoms with Crippen molar-refractivity contribution in [3.8, 4) is 17.1 Å². The second-order valence-corrected chi connectivity index (χ2v) is 6.00. The third-order valence-corrected chi connectivity index (χ3v) is 4.03. The smallest absolute Gasteiger partial charge is 0.313 e. The fourth-order valence-electron chi connectivity index (χ4n) is 1.87. The molecule has 24 heavy (non-hydrogen) atoms. The highest BCUT2D eigenvalue weighted by molar-refractivity contribution is 7.99. The van der Waals surface area contributed by atoms with Gasteiger partial charge in [0, 0.05) is 5.02 Å². The molecule has 1 heterocycles. The van der Waals surface area contributed by atoms with Gasteiger partial charge in [0.25, 0.3) is 0 Å². The van der Waals surface area contributed by atoms with Crippen molar-refractivity contribution in [2.24, 2.45) is 0 Å². The number of nitrogens with one attached hydrogen (secondary N) is 1. The van der Waals surface area contributed by atoms with Crippen LogP contribution in [0.1, 0.15) is 13.3 Å². The van der Waals surface area contributed by atoms with Crippen molar-refractivity contribution in [2.45, 2.75) is 18.5 Å². The summed E-state index contributed by atoms with van der Waals surface area (Å²) in [6.07, 6.45) is -0.250. The van der Waals surface area contributed by atoms with Crippen LogP contribution in [0.3, 0.4) is 0 Å². The van der Waals surface area contributed by atoms with E-state index >= 15 is 0 Å². The molecule has 1 aromatic carbocycles. The third kappa shape index (κ3) is 4.97. The summed E-state index contributed by atoms with van der Waals surface area (Å²) in [6, 6.07) is 5.15. The quantitative estimate of drug-likeness (QED) is 0.434. The average molecular weight is 370 g/mol. The Hall–Kier alpha value is -2.06. The predicted octanol–water partition coefficient (Wildman–Crippen LogP) is 2.75. The number of aromatic amines is 1. The summed E-state index contributed by atoms with van der Waals surface area (Å²) in [5, 5.41) is 7.77. The minimum atomic E-state index is -0.526. The number of methoxy groups -OCH3 is 1. The second kappa shape index (κ2) is 8.70. The number of hydrogen-bond acceptors (Lipinski definition) is 7. The molecule has 0 amide bonds. The Morgan fingerprint density at radius 3 is 2.88 bits per heavy atom. The predicted molar refractivity (Wildman–Crippen MR) is 90.4 cm³/mol. The molecule has 7 nitrogen and oxygen atoms in total. The molecule has 0 unspecified atom stereocenters. The van der Waals surface area contributed by atoms with Gasteiger partial charge >= 0.3 is 5.97 Å². The van der Waals surface area contributed by atoms with Crippen molar-refractivity contribution in [1.29, 1.82) is 0 Å². The number of ketones is 1. The Morgan fingerprint density at radius 1 is 1.38 bits per heavy atom. The molecule has 0 aliphatic heterocycles. The van der Waals surface area contributed by atoms with E-state index in [0.717, 1.165) is 11.8 Å². The van der Waals surface area contributed by atoms with Gasteiger partial charge in [-0.1, -0.05) is 23.4 Å². The molecule has 2 aromatic rings. The number of hydrogen-bond donors (Lipinski definition) is 1. The van der Waals surface area contributed by atoms with Gasteiger partial charge in [0.1, 0.15) is 12.2 Å². The van der Waals surface area contributed by atoms with E-state index in [1.165, 1.54) is 0 Å². The van der Waals surface area contributed by atoms with Crippen LogP contribution in [0.25, 0.3) is 11.4 Å². The molecule has 1 N–H and O–H groups in total. The van der Waals surface area contributed by atoms with E-state index in [-0.39, 0.29) is 24.6 Å². The zero-order valence-corrected chi connectivity index (χ0v) is 14.7. The number of carbonyl (C=O) groups is 2. The number of aromatic nitrogens is 3. The first kappa shape index (κ1) is 18.3. The Morgan fingerprint density at radius 2 is 2.17 bits per heavy atom. The average Bonchev–Trinajstić information content (AvgIpc) is 3.02. The van der Waals surface area contributed by atoms with Crippen LogP contribution in [0.15, 0.2) is 23.4 Å². The SMILES string of the molecule is CCOC(=O)CC(=O)CSc1n[nH]c(-c2cc(Cl)ccc2OC)n1. The number of carbonyl (C=O) groups excluding carboxylic acids is 2. The van der Waals surface area contributed by atoms with Crippen molar-refractivity contribution < 1.29 is 19.1 Å². The first-order valence-electron chi connectivity index (χ1n) is 7.10. The van der Waals surface area contributed by atoms with E-state index in [0.29, 0.717) is 27.3 Å². The number of Topliss-reactive ketones (excluding diaryl/α,β-unsaturated/α-hetero) is 1. The van der Waals surface area contributed by atoms with Gasteiger partial charge in [-0.05, 0) is 25.1 Å². The summed E-state index contributed by atoms with van der Waals surface area (Å²) >= 11 is 7.13. The van der Waals surface area contributed by atoms with Gasteiger partial charge in [0.05, 0.1) is 25.0 Å². The van der Waals surface area contributed by atoms with E-state index < -0.39 is 5.97 Å². The number of nitrogens with zero attached hydrogens (tertiary/aromatic N) is 2. The van der Waals surface area contributed by atoms with Gasteiger partial charge in [-0.3, -0.25) is 14.7 Å². The number of esters is 1. The maximum Gasteiger partial charge on any atom is 0.313 e. The highest BCUT2D eigenvalue weighted by atomic mass is 35.5. The number of ether oxygens (including phenoxy) is 2. The van der Waals surface area contributed by atoms with Crippen molar-refractivity contribution in [1.82, 2.24) is 15.2 Å². The lowest BCUT2D eigenvalue weighted by molar-refractivity contribution is -0.145.